The number of hydrogen-bond donors (Lipinski definition) is 0. The lowest BCUT2D eigenvalue weighted by Gasteiger charge is -2.16. The number of hydrogen-bond acceptors (Lipinski definition) is 0. The van der Waals surface area contributed by atoms with E-state index in [1.54, 1.807) is 6.07 Å². The Hall–Kier alpha value is -0.380. The quantitative estimate of drug-likeness (QED) is 0.518. The normalized spacial score (nSPS) is 12.4. The van der Waals surface area contributed by atoms with Gasteiger partial charge in [0.25, 0.3) is 0 Å². The standard InChI is InChI=1S/C16H14Br2ClF/c17-10-11(7-12-3-1-2-4-15(12)19)8-13-9-14(18)5-6-16(13)20/h1-6,9,11H,7-8,10H2. The van der Waals surface area contributed by atoms with Crippen molar-refractivity contribution in [2.45, 2.75) is 12.8 Å². The molecule has 0 amide bonds. The summed E-state index contributed by atoms with van der Waals surface area (Å²) in [5, 5.41) is 1.58. The van der Waals surface area contributed by atoms with Gasteiger partial charge < -0.3 is 0 Å². The second kappa shape index (κ2) is 7.58. The molecule has 0 nitrogen and oxygen atoms in total. The van der Waals surface area contributed by atoms with Crippen LogP contribution in [0.1, 0.15) is 11.1 Å². The highest BCUT2D eigenvalue weighted by Gasteiger charge is 2.14. The van der Waals surface area contributed by atoms with Gasteiger partial charge in [-0.3, -0.25) is 0 Å². The summed E-state index contributed by atoms with van der Waals surface area (Å²) in [7, 11) is 0. The third kappa shape index (κ3) is 4.31. The van der Waals surface area contributed by atoms with E-state index in [1.165, 1.54) is 6.07 Å². The van der Waals surface area contributed by atoms with E-state index in [0.29, 0.717) is 12.3 Å². The lowest BCUT2D eigenvalue weighted by molar-refractivity contribution is 0.550. The Labute approximate surface area is 140 Å². The molecule has 0 radical (unpaired) electrons. The molecule has 0 aliphatic carbocycles. The highest BCUT2D eigenvalue weighted by atomic mass is 79.9. The van der Waals surface area contributed by atoms with Crippen molar-refractivity contribution in [2.24, 2.45) is 5.92 Å². The van der Waals surface area contributed by atoms with Crippen molar-refractivity contribution < 1.29 is 4.39 Å². The van der Waals surface area contributed by atoms with Crippen LogP contribution in [0.25, 0.3) is 0 Å². The van der Waals surface area contributed by atoms with Gasteiger partial charge in [-0.1, -0.05) is 61.7 Å². The van der Waals surface area contributed by atoms with Crippen LogP contribution in [0.2, 0.25) is 5.02 Å². The second-order valence-corrected chi connectivity index (χ2v) is 6.73. The minimum atomic E-state index is -0.154. The summed E-state index contributed by atoms with van der Waals surface area (Å²) in [6.07, 6.45) is 1.51. The molecule has 0 saturated heterocycles. The van der Waals surface area contributed by atoms with Gasteiger partial charge in [-0.25, -0.2) is 4.39 Å². The molecule has 0 spiro atoms. The predicted molar refractivity (Wildman–Crippen MR) is 90.2 cm³/mol. The van der Waals surface area contributed by atoms with Crippen LogP contribution in [0, 0.1) is 11.7 Å². The predicted octanol–water partition coefficient (Wildman–Crippen LogP) is 6.04. The maximum absolute atomic E-state index is 13.8. The Bertz CT molecular complexity index is 586. The van der Waals surface area contributed by atoms with Crippen LogP contribution in [0.3, 0.4) is 0 Å². The van der Waals surface area contributed by atoms with E-state index in [9.17, 15) is 4.39 Å². The molecule has 0 fully saturated rings. The van der Waals surface area contributed by atoms with Crippen LogP contribution in [-0.4, -0.2) is 5.33 Å². The molecule has 2 aromatic carbocycles. The molecule has 4 heteroatoms. The van der Waals surface area contributed by atoms with Gasteiger partial charge in [0.05, 0.1) is 0 Å². The van der Waals surface area contributed by atoms with Gasteiger partial charge >= 0.3 is 0 Å². The molecule has 2 aromatic rings. The fraction of sp³-hybridized carbons (Fsp3) is 0.250. The fourth-order valence-corrected chi connectivity index (χ4v) is 3.25. The SMILES string of the molecule is Fc1ccc(Br)cc1CC(CBr)Cc1ccccc1Cl. The molecular weight excluding hydrogens is 406 g/mol. The Balaban J connectivity index is 2.13. The maximum atomic E-state index is 13.8. The molecule has 0 bridgehead atoms. The largest absolute Gasteiger partial charge is 0.207 e. The van der Waals surface area contributed by atoms with E-state index < -0.39 is 0 Å². The molecule has 20 heavy (non-hydrogen) atoms. The molecule has 0 aliphatic heterocycles. The second-order valence-electron chi connectivity index (χ2n) is 4.76. The van der Waals surface area contributed by atoms with Crippen molar-refractivity contribution in [1.29, 1.82) is 0 Å². The van der Waals surface area contributed by atoms with Crippen LogP contribution in [0.15, 0.2) is 46.9 Å². The summed E-state index contributed by atoms with van der Waals surface area (Å²) in [5.41, 5.74) is 1.84. The average molecular weight is 421 g/mol. The highest BCUT2D eigenvalue weighted by molar-refractivity contribution is 9.10. The van der Waals surface area contributed by atoms with Crippen molar-refractivity contribution >= 4 is 43.5 Å². The molecule has 1 unspecified atom stereocenters. The van der Waals surface area contributed by atoms with Gasteiger partial charge in [-0.15, -0.1) is 0 Å². The summed E-state index contributed by atoms with van der Waals surface area (Å²) in [6, 6.07) is 12.9. The molecule has 0 aromatic heterocycles. The Morgan fingerprint density at radius 2 is 1.75 bits per heavy atom. The van der Waals surface area contributed by atoms with E-state index >= 15 is 0 Å². The fourth-order valence-electron chi connectivity index (χ4n) is 2.17. The summed E-state index contributed by atoms with van der Waals surface area (Å²) in [6.45, 7) is 0. The first kappa shape index (κ1) is 16.0. The molecule has 0 aliphatic rings. The van der Waals surface area contributed by atoms with Gasteiger partial charge in [-0.2, -0.15) is 0 Å². The minimum Gasteiger partial charge on any atom is -0.207 e. The monoisotopic (exact) mass is 418 g/mol. The van der Waals surface area contributed by atoms with Crippen LogP contribution >= 0.6 is 43.5 Å². The molecule has 2 rings (SSSR count). The summed E-state index contributed by atoms with van der Waals surface area (Å²) < 4.78 is 14.7. The van der Waals surface area contributed by atoms with E-state index in [4.69, 9.17) is 11.6 Å². The van der Waals surface area contributed by atoms with Gasteiger partial charge in [0, 0.05) is 14.8 Å². The van der Waals surface area contributed by atoms with Crippen molar-refractivity contribution in [2.75, 3.05) is 5.33 Å². The molecule has 0 heterocycles. The first-order valence-corrected chi connectivity index (χ1v) is 8.62. The zero-order chi connectivity index (χ0) is 14.5. The molecule has 1 atom stereocenters. The summed E-state index contributed by atoms with van der Waals surface area (Å²) in [5.74, 6) is 0.150. The topological polar surface area (TPSA) is 0 Å². The van der Waals surface area contributed by atoms with Crippen molar-refractivity contribution in [3.8, 4) is 0 Å². The van der Waals surface area contributed by atoms with Gasteiger partial charge in [-0.05, 0) is 54.2 Å². The number of alkyl halides is 1. The van der Waals surface area contributed by atoms with Gasteiger partial charge in [0.1, 0.15) is 5.82 Å². The van der Waals surface area contributed by atoms with E-state index in [0.717, 1.165) is 32.4 Å². The first-order chi connectivity index (χ1) is 9.60. The van der Waals surface area contributed by atoms with Crippen molar-refractivity contribution in [3.05, 3.63) is 68.9 Å². The molecule has 0 N–H and O–H groups in total. The van der Waals surface area contributed by atoms with Crippen LogP contribution in [0.4, 0.5) is 4.39 Å². The summed E-state index contributed by atoms with van der Waals surface area (Å²) in [4.78, 5) is 0. The molecule has 106 valence electrons. The third-order valence-corrected chi connectivity index (χ3v) is 4.98. The number of rotatable bonds is 5. The first-order valence-electron chi connectivity index (χ1n) is 6.33. The lowest BCUT2D eigenvalue weighted by Crippen LogP contribution is -2.11. The third-order valence-electron chi connectivity index (χ3n) is 3.20. The van der Waals surface area contributed by atoms with Crippen LogP contribution < -0.4 is 0 Å². The minimum absolute atomic E-state index is 0.154. The summed E-state index contributed by atoms with van der Waals surface area (Å²) >= 11 is 13.1. The number of halogens is 4. The molecular formula is C16H14Br2ClF. The van der Waals surface area contributed by atoms with E-state index in [-0.39, 0.29) is 5.82 Å². The average Bonchev–Trinajstić information content (AvgIpc) is 2.44. The Morgan fingerprint density at radius 3 is 2.45 bits per heavy atom. The smallest absolute Gasteiger partial charge is 0.126 e. The Morgan fingerprint density at radius 1 is 1.05 bits per heavy atom. The van der Waals surface area contributed by atoms with Crippen LogP contribution in [0.5, 0.6) is 0 Å². The molecule has 0 saturated carbocycles. The lowest BCUT2D eigenvalue weighted by atomic mass is 9.94. The zero-order valence-electron chi connectivity index (χ0n) is 10.8. The van der Waals surface area contributed by atoms with Gasteiger partial charge in [0.2, 0.25) is 0 Å². The van der Waals surface area contributed by atoms with Crippen molar-refractivity contribution in [3.63, 3.8) is 0 Å². The Kier molecular flexibility index (Phi) is 6.06. The van der Waals surface area contributed by atoms with E-state index in [1.807, 2.05) is 30.3 Å². The maximum Gasteiger partial charge on any atom is 0.126 e. The van der Waals surface area contributed by atoms with Crippen LogP contribution in [-0.2, 0) is 12.8 Å². The van der Waals surface area contributed by atoms with Crippen molar-refractivity contribution in [1.82, 2.24) is 0 Å². The van der Waals surface area contributed by atoms with Gasteiger partial charge in [0.15, 0.2) is 0 Å². The highest BCUT2D eigenvalue weighted by Crippen LogP contribution is 2.24. The zero-order valence-corrected chi connectivity index (χ0v) is 14.7. The number of benzene rings is 2. The van der Waals surface area contributed by atoms with E-state index in [2.05, 4.69) is 31.9 Å².